The van der Waals surface area contributed by atoms with Gasteiger partial charge in [0.25, 0.3) is 0 Å². The van der Waals surface area contributed by atoms with Crippen molar-refractivity contribution in [3.05, 3.63) is 24.3 Å². The first-order chi connectivity index (χ1) is 9.79. The summed E-state index contributed by atoms with van der Waals surface area (Å²) in [6.45, 7) is 11.5. The average Bonchev–Trinajstić information content (AvgIpc) is 2.37. The molecule has 118 valence electrons. The van der Waals surface area contributed by atoms with E-state index < -0.39 is 5.60 Å². The predicted octanol–water partition coefficient (Wildman–Crippen LogP) is 2.21. The minimum Gasteiger partial charge on any atom is -0.444 e. The molecule has 1 heterocycles. The molecule has 0 aliphatic heterocycles. The molecule has 1 rings (SSSR count). The molecule has 21 heavy (non-hydrogen) atoms. The van der Waals surface area contributed by atoms with Gasteiger partial charge in [0, 0.05) is 43.6 Å². The van der Waals surface area contributed by atoms with E-state index in [-0.39, 0.29) is 12.1 Å². The number of aromatic nitrogens is 2. The fourth-order valence-corrected chi connectivity index (χ4v) is 1.73. The highest BCUT2D eigenvalue weighted by atomic mass is 16.6. The van der Waals surface area contributed by atoms with Crippen molar-refractivity contribution in [2.75, 3.05) is 13.1 Å². The molecule has 0 fully saturated rings. The summed E-state index contributed by atoms with van der Waals surface area (Å²) in [7, 11) is 0. The lowest BCUT2D eigenvalue weighted by molar-refractivity contribution is 0.0193. The van der Waals surface area contributed by atoms with Gasteiger partial charge in [-0.1, -0.05) is 0 Å². The molecule has 1 amide bonds. The van der Waals surface area contributed by atoms with Crippen molar-refractivity contribution in [2.24, 2.45) is 0 Å². The number of hydrogen-bond donors (Lipinski definition) is 1. The van der Waals surface area contributed by atoms with Gasteiger partial charge in [-0.25, -0.2) is 14.8 Å². The van der Waals surface area contributed by atoms with Crippen LogP contribution in [-0.4, -0.2) is 45.7 Å². The first-order valence-electron chi connectivity index (χ1n) is 7.24. The number of ether oxygens (including phenoxy) is 1. The van der Waals surface area contributed by atoms with Crippen LogP contribution in [0.5, 0.6) is 0 Å². The van der Waals surface area contributed by atoms with Gasteiger partial charge < -0.3 is 15.0 Å². The Morgan fingerprint density at radius 2 is 1.95 bits per heavy atom. The maximum Gasteiger partial charge on any atom is 0.410 e. The van der Waals surface area contributed by atoms with Crippen molar-refractivity contribution in [3.8, 4) is 0 Å². The van der Waals surface area contributed by atoms with E-state index in [1.807, 2.05) is 34.6 Å². The average molecular weight is 294 g/mol. The third kappa shape index (κ3) is 7.04. The van der Waals surface area contributed by atoms with Crippen molar-refractivity contribution in [1.29, 1.82) is 0 Å². The maximum absolute atomic E-state index is 12.1. The molecule has 0 aromatic carbocycles. The van der Waals surface area contributed by atoms with Crippen LogP contribution < -0.4 is 5.32 Å². The summed E-state index contributed by atoms with van der Waals surface area (Å²) in [5.74, 6) is 0. The lowest BCUT2D eigenvalue weighted by Gasteiger charge is -2.30. The van der Waals surface area contributed by atoms with Crippen LogP contribution in [0.1, 0.15) is 40.2 Å². The fraction of sp³-hybridized carbons (Fsp3) is 0.667. The molecule has 0 aliphatic carbocycles. The van der Waals surface area contributed by atoms with Gasteiger partial charge in [-0.05, 0) is 34.6 Å². The standard InChI is InChI=1S/C15H26N4O2/c1-12(2)19(14(20)21-15(3,4)5)7-6-16-8-13-9-17-11-18-10-13/h9-12,16H,6-8H2,1-5H3. The van der Waals surface area contributed by atoms with Crippen LogP contribution in [0.25, 0.3) is 0 Å². The monoisotopic (exact) mass is 294 g/mol. The van der Waals surface area contributed by atoms with Gasteiger partial charge in [-0.15, -0.1) is 0 Å². The summed E-state index contributed by atoms with van der Waals surface area (Å²) in [5, 5.41) is 3.28. The second-order valence-corrected chi connectivity index (χ2v) is 6.19. The van der Waals surface area contributed by atoms with E-state index in [0.29, 0.717) is 19.6 Å². The maximum atomic E-state index is 12.1. The molecule has 1 aromatic heterocycles. The molecule has 6 heteroatoms. The Morgan fingerprint density at radius 3 is 2.48 bits per heavy atom. The molecule has 0 saturated heterocycles. The van der Waals surface area contributed by atoms with Gasteiger partial charge in [0.15, 0.2) is 0 Å². The zero-order valence-corrected chi connectivity index (χ0v) is 13.6. The number of carbonyl (C=O) groups is 1. The lowest BCUT2D eigenvalue weighted by Crippen LogP contribution is -2.44. The number of nitrogens with one attached hydrogen (secondary N) is 1. The van der Waals surface area contributed by atoms with Gasteiger partial charge in [0.1, 0.15) is 11.9 Å². The van der Waals surface area contributed by atoms with Crippen LogP contribution in [0, 0.1) is 0 Å². The van der Waals surface area contributed by atoms with E-state index in [1.54, 1.807) is 17.3 Å². The minimum absolute atomic E-state index is 0.0988. The lowest BCUT2D eigenvalue weighted by atomic mass is 10.2. The Kier molecular flexibility index (Phi) is 6.55. The number of hydrogen-bond acceptors (Lipinski definition) is 5. The Morgan fingerprint density at radius 1 is 1.33 bits per heavy atom. The van der Waals surface area contributed by atoms with E-state index in [4.69, 9.17) is 4.74 Å². The Bertz CT molecular complexity index is 429. The summed E-state index contributed by atoms with van der Waals surface area (Å²) < 4.78 is 5.42. The van der Waals surface area contributed by atoms with Crippen molar-refractivity contribution in [3.63, 3.8) is 0 Å². The molecule has 0 bridgehead atoms. The fourth-order valence-electron chi connectivity index (χ4n) is 1.73. The van der Waals surface area contributed by atoms with Gasteiger partial charge >= 0.3 is 6.09 Å². The van der Waals surface area contributed by atoms with E-state index in [0.717, 1.165) is 5.56 Å². The molecule has 0 spiro atoms. The van der Waals surface area contributed by atoms with E-state index in [2.05, 4.69) is 15.3 Å². The molecule has 0 unspecified atom stereocenters. The Hall–Kier alpha value is -1.69. The summed E-state index contributed by atoms with van der Waals surface area (Å²) in [6, 6.07) is 0.0988. The molecule has 1 aromatic rings. The normalized spacial score (nSPS) is 11.5. The SMILES string of the molecule is CC(C)N(CCNCc1cncnc1)C(=O)OC(C)(C)C. The molecular formula is C15H26N4O2. The molecule has 6 nitrogen and oxygen atoms in total. The molecule has 1 N–H and O–H groups in total. The van der Waals surface area contributed by atoms with Crippen LogP contribution in [0.15, 0.2) is 18.7 Å². The van der Waals surface area contributed by atoms with E-state index >= 15 is 0 Å². The van der Waals surface area contributed by atoms with Crippen molar-refractivity contribution < 1.29 is 9.53 Å². The highest BCUT2D eigenvalue weighted by molar-refractivity contribution is 5.68. The molecule has 0 radical (unpaired) electrons. The second-order valence-electron chi connectivity index (χ2n) is 6.19. The Labute approximate surface area is 126 Å². The zero-order valence-electron chi connectivity index (χ0n) is 13.6. The highest BCUT2D eigenvalue weighted by Gasteiger charge is 2.23. The minimum atomic E-state index is -0.473. The third-order valence-corrected chi connectivity index (χ3v) is 2.72. The van der Waals surface area contributed by atoms with Gasteiger partial charge in [-0.2, -0.15) is 0 Å². The van der Waals surface area contributed by atoms with Crippen LogP contribution in [-0.2, 0) is 11.3 Å². The first kappa shape index (κ1) is 17.4. The number of nitrogens with zero attached hydrogens (tertiary/aromatic N) is 3. The van der Waals surface area contributed by atoms with Crippen LogP contribution in [0.2, 0.25) is 0 Å². The van der Waals surface area contributed by atoms with Crippen LogP contribution >= 0.6 is 0 Å². The Balaban J connectivity index is 2.39. The summed E-state index contributed by atoms with van der Waals surface area (Å²) in [4.78, 5) is 21.8. The second kappa shape index (κ2) is 7.93. The quantitative estimate of drug-likeness (QED) is 0.815. The molecule has 0 atom stereocenters. The molecule has 0 saturated carbocycles. The topological polar surface area (TPSA) is 67.3 Å². The number of rotatable bonds is 6. The van der Waals surface area contributed by atoms with Crippen molar-refractivity contribution >= 4 is 6.09 Å². The smallest absolute Gasteiger partial charge is 0.410 e. The van der Waals surface area contributed by atoms with Crippen LogP contribution in [0.4, 0.5) is 4.79 Å². The van der Waals surface area contributed by atoms with Gasteiger partial charge in [0.05, 0.1) is 0 Å². The van der Waals surface area contributed by atoms with Gasteiger partial charge in [-0.3, -0.25) is 0 Å². The van der Waals surface area contributed by atoms with E-state index in [9.17, 15) is 4.79 Å². The van der Waals surface area contributed by atoms with Gasteiger partial charge in [0.2, 0.25) is 0 Å². The highest BCUT2D eigenvalue weighted by Crippen LogP contribution is 2.11. The van der Waals surface area contributed by atoms with E-state index in [1.165, 1.54) is 6.33 Å². The number of carbonyl (C=O) groups excluding carboxylic acids is 1. The molecule has 0 aliphatic rings. The van der Waals surface area contributed by atoms with Crippen molar-refractivity contribution in [1.82, 2.24) is 20.2 Å². The molecular weight excluding hydrogens is 268 g/mol. The van der Waals surface area contributed by atoms with Crippen molar-refractivity contribution in [2.45, 2.75) is 52.8 Å². The summed E-state index contributed by atoms with van der Waals surface area (Å²) >= 11 is 0. The first-order valence-corrected chi connectivity index (χ1v) is 7.24. The number of amides is 1. The summed E-state index contributed by atoms with van der Waals surface area (Å²) in [5.41, 5.74) is 0.546. The predicted molar refractivity (Wildman–Crippen MR) is 81.8 cm³/mol. The largest absolute Gasteiger partial charge is 0.444 e. The summed E-state index contributed by atoms with van der Waals surface area (Å²) in [6.07, 6.45) is 4.77. The van der Waals surface area contributed by atoms with Crippen LogP contribution in [0.3, 0.4) is 0 Å². The zero-order chi connectivity index (χ0) is 15.9. The third-order valence-electron chi connectivity index (χ3n) is 2.72.